The van der Waals surface area contributed by atoms with E-state index in [1.165, 1.54) is 60.8 Å². The van der Waals surface area contributed by atoms with Gasteiger partial charge in [0.15, 0.2) is 5.65 Å². The number of aromatic nitrogens is 5. The van der Waals surface area contributed by atoms with Crippen LogP contribution in [-0.2, 0) is 4.74 Å². The fraction of sp³-hybridized carbons (Fsp3) is 0.500. The van der Waals surface area contributed by atoms with Crippen molar-refractivity contribution in [3.63, 3.8) is 0 Å². The first kappa shape index (κ1) is 20.8. The molecule has 0 spiro atoms. The summed E-state index contributed by atoms with van der Waals surface area (Å²) in [7, 11) is 0. The number of ether oxygens (including phenoxy) is 1. The minimum atomic E-state index is 0.382. The Hall–Kier alpha value is -2.77. The summed E-state index contributed by atoms with van der Waals surface area (Å²) in [6, 6.07) is 11.8. The molecule has 33 heavy (non-hydrogen) atoms. The number of rotatable bonds is 4. The van der Waals surface area contributed by atoms with Gasteiger partial charge < -0.3 is 14.6 Å². The molecule has 2 aliphatic heterocycles. The molecule has 1 N–H and O–H groups in total. The van der Waals surface area contributed by atoms with Gasteiger partial charge in [-0.2, -0.15) is 0 Å². The summed E-state index contributed by atoms with van der Waals surface area (Å²) >= 11 is 0. The first-order chi connectivity index (χ1) is 16.2. The molecule has 0 aliphatic carbocycles. The van der Waals surface area contributed by atoms with E-state index in [9.17, 15) is 0 Å². The maximum atomic E-state index is 5.56. The summed E-state index contributed by atoms with van der Waals surface area (Å²) in [4.78, 5) is 10.6. The number of H-pyrrole nitrogens is 1. The fourth-order valence-corrected chi connectivity index (χ4v) is 5.79. The van der Waals surface area contributed by atoms with Crippen molar-refractivity contribution < 1.29 is 4.74 Å². The number of likely N-dealkylation sites (tertiary alicyclic amines) is 1. The first-order valence-electron chi connectivity index (χ1n) is 12.3. The number of piperidine rings is 1. The van der Waals surface area contributed by atoms with Gasteiger partial charge in [-0.25, -0.2) is 4.98 Å². The third kappa shape index (κ3) is 3.83. The van der Waals surface area contributed by atoms with Crippen molar-refractivity contribution in [2.45, 2.75) is 57.4 Å². The lowest BCUT2D eigenvalue weighted by Gasteiger charge is -2.39. The van der Waals surface area contributed by atoms with Gasteiger partial charge in [-0.1, -0.05) is 19.9 Å². The molecule has 7 nitrogen and oxygen atoms in total. The van der Waals surface area contributed by atoms with E-state index >= 15 is 0 Å². The third-order valence-corrected chi connectivity index (χ3v) is 7.55. The van der Waals surface area contributed by atoms with Crippen LogP contribution in [0.4, 0.5) is 0 Å². The Morgan fingerprint density at radius 3 is 2.64 bits per heavy atom. The summed E-state index contributed by atoms with van der Waals surface area (Å²) < 4.78 is 7.16. The van der Waals surface area contributed by atoms with Crippen molar-refractivity contribution in [2.75, 3.05) is 26.3 Å². The Bertz CT molecular complexity index is 1260. The number of fused-ring (bicyclic) bond motifs is 2. The van der Waals surface area contributed by atoms with E-state index in [0.717, 1.165) is 36.3 Å². The molecule has 2 saturated heterocycles. The Morgan fingerprint density at radius 1 is 1.03 bits per heavy atom. The number of aromatic amines is 1. The zero-order valence-corrected chi connectivity index (χ0v) is 19.5. The van der Waals surface area contributed by atoms with Crippen molar-refractivity contribution in [1.29, 1.82) is 0 Å². The molecule has 1 aromatic carbocycles. The van der Waals surface area contributed by atoms with Crippen LogP contribution in [0.2, 0.25) is 0 Å². The largest absolute Gasteiger partial charge is 0.381 e. The van der Waals surface area contributed by atoms with E-state index in [4.69, 9.17) is 9.84 Å². The van der Waals surface area contributed by atoms with E-state index in [2.05, 4.69) is 52.0 Å². The van der Waals surface area contributed by atoms with E-state index in [1.807, 2.05) is 12.1 Å². The molecule has 2 aliphatic rings. The second kappa shape index (κ2) is 8.54. The van der Waals surface area contributed by atoms with Crippen LogP contribution in [-0.4, -0.2) is 62.0 Å². The molecular weight excluding hydrogens is 412 g/mol. The maximum absolute atomic E-state index is 5.56. The van der Waals surface area contributed by atoms with Gasteiger partial charge in [0.2, 0.25) is 0 Å². The topological polar surface area (TPSA) is 71.3 Å². The highest BCUT2D eigenvalue weighted by Gasteiger charge is 2.28. The van der Waals surface area contributed by atoms with Crippen LogP contribution < -0.4 is 0 Å². The maximum Gasteiger partial charge on any atom is 0.176 e. The van der Waals surface area contributed by atoms with Crippen LogP contribution in [0, 0.1) is 0 Å². The highest BCUT2D eigenvalue weighted by molar-refractivity contribution is 5.91. The third-order valence-electron chi connectivity index (χ3n) is 7.55. The molecule has 3 aromatic heterocycles. The van der Waals surface area contributed by atoms with E-state index in [-0.39, 0.29) is 0 Å². The minimum Gasteiger partial charge on any atom is -0.381 e. The molecule has 5 heterocycles. The van der Waals surface area contributed by atoms with Crippen LogP contribution in [0.1, 0.15) is 62.5 Å². The number of hydrogen-bond donors (Lipinski definition) is 1. The molecule has 0 saturated carbocycles. The van der Waals surface area contributed by atoms with Gasteiger partial charge in [0, 0.05) is 30.2 Å². The standard InChI is InChI=1S/C26H32N6O/c1-17(2)25-21-15-19(18-7-11-31(12-8-18)20-9-13-33-14-10-20)3-4-22(21)29-26(25)23-5-6-24-27-16-28-32(24)30-23/h3-6,15-18,20,29H,7-14H2,1-2H3. The number of nitrogens with one attached hydrogen (secondary N) is 1. The number of nitrogens with zero attached hydrogens (tertiary/aromatic N) is 5. The van der Waals surface area contributed by atoms with Gasteiger partial charge >= 0.3 is 0 Å². The van der Waals surface area contributed by atoms with Crippen molar-refractivity contribution in [2.24, 2.45) is 0 Å². The Kier molecular flexibility index (Phi) is 5.38. The zero-order valence-electron chi connectivity index (χ0n) is 19.5. The quantitative estimate of drug-likeness (QED) is 0.492. The molecule has 0 amide bonds. The van der Waals surface area contributed by atoms with E-state index < -0.39 is 0 Å². The Balaban J connectivity index is 1.30. The molecule has 2 fully saturated rings. The second-order valence-electron chi connectivity index (χ2n) is 9.85. The lowest BCUT2D eigenvalue weighted by atomic mass is 9.87. The molecule has 0 radical (unpaired) electrons. The SMILES string of the molecule is CC(C)c1c(-c2ccc3ncnn3n2)[nH]c2ccc(C3CCN(C4CCOCC4)CC3)cc12. The predicted octanol–water partition coefficient (Wildman–Crippen LogP) is 4.75. The molecule has 172 valence electrons. The van der Waals surface area contributed by atoms with Crippen molar-refractivity contribution in [1.82, 2.24) is 29.7 Å². The summed E-state index contributed by atoms with van der Waals surface area (Å²) in [6.07, 6.45) is 6.40. The molecule has 0 bridgehead atoms. The zero-order chi connectivity index (χ0) is 22.4. The van der Waals surface area contributed by atoms with Gasteiger partial charge in [-0.05, 0) is 86.0 Å². The molecule has 0 atom stereocenters. The highest BCUT2D eigenvalue weighted by Crippen LogP contribution is 2.38. The average molecular weight is 445 g/mol. The van der Waals surface area contributed by atoms with Crippen molar-refractivity contribution in [3.8, 4) is 11.4 Å². The van der Waals surface area contributed by atoms with E-state index in [0.29, 0.717) is 11.8 Å². The van der Waals surface area contributed by atoms with Crippen LogP contribution >= 0.6 is 0 Å². The summed E-state index contributed by atoms with van der Waals surface area (Å²) in [5.41, 5.74) is 6.73. The Morgan fingerprint density at radius 2 is 1.85 bits per heavy atom. The van der Waals surface area contributed by atoms with Crippen molar-refractivity contribution >= 4 is 16.6 Å². The molecular formula is C26H32N6O. The fourth-order valence-electron chi connectivity index (χ4n) is 5.79. The lowest BCUT2D eigenvalue weighted by Crippen LogP contribution is -2.43. The monoisotopic (exact) mass is 444 g/mol. The average Bonchev–Trinajstić information content (AvgIpc) is 3.48. The summed E-state index contributed by atoms with van der Waals surface area (Å²) in [6.45, 7) is 8.77. The van der Waals surface area contributed by atoms with Gasteiger partial charge in [0.1, 0.15) is 12.0 Å². The second-order valence-corrected chi connectivity index (χ2v) is 9.85. The normalized spacial score (nSPS) is 19.2. The molecule has 6 rings (SSSR count). The van der Waals surface area contributed by atoms with Crippen LogP contribution in [0.25, 0.3) is 27.9 Å². The lowest BCUT2D eigenvalue weighted by molar-refractivity contribution is 0.0252. The highest BCUT2D eigenvalue weighted by atomic mass is 16.5. The summed E-state index contributed by atoms with van der Waals surface area (Å²) in [5.74, 6) is 1.01. The Labute approximate surface area is 194 Å². The van der Waals surface area contributed by atoms with Gasteiger partial charge in [0.25, 0.3) is 0 Å². The van der Waals surface area contributed by atoms with Gasteiger partial charge in [-0.3, -0.25) is 0 Å². The van der Waals surface area contributed by atoms with Crippen LogP contribution in [0.15, 0.2) is 36.7 Å². The smallest absolute Gasteiger partial charge is 0.176 e. The summed E-state index contributed by atoms with van der Waals surface area (Å²) in [5, 5.41) is 10.2. The van der Waals surface area contributed by atoms with Gasteiger partial charge in [0.05, 0.1) is 5.69 Å². The predicted molar refractivity (Wildman–Crippen MR) is 130 cm³/mol. The van der Waals surface area contributed by atoms with Crippen LogP contribution in [0.5, 0.6) is 0 Å². The van der Waals surface area contributed by atoms with Gasteiger partial charge in [-0.15, -0.1) is 14.8 Å². The molecule has 4 aromatic rings. The first-order valence-corrected chi connectivity index (χ1v) is 12.3. The molecule has 7 heteroatoms. The minimum absolute atomic E-state index is 0.382. The number of hydrogen-bond acceptors (Lipinski definition) is 5. The van der Waals surface area contributed by atoms with E-state index in [1.54, 1.807) is 11.0 Å². The van der Waals surface area contributed by atoms with Crippen molar-refractivity contribution in [3.05, 3.63) is 47.8 Å². The number of benzene rings is 1. The van der Waals surface area contributed by atoms with Crippen LogP contribution in [0.3, 0.4) is 0 Å². The molecule has 0 unspecified atom stereocenters.